The topological polar surface area (TPSA) is 59.0 Å². The summed E-state index contributed by atoms with van der Waals surface area (Å²) in [6, 6.07) is 5.62. The van der Waals surface area contributed by atoms with Gasteiger partial charge in [-0.25, -0.2) is 0 Å². The van der Waals surface area contributed by atoms with Crippen molar-refractivity contribution < 1.29 is 4.74 Å². The first-order valence-corrected chi connectivity index (χ1v) is 5.13. The van der Waals surface area contributed by atoms with Crippen LogP contribution in [0.1, 0.15) is 23.6 Å². The highest BCUT2D eigenvalue weighted by molar-refractivity contribution is 9.10. The summed E-state index contributed by atoms with van der Waals surface area (Å²) < 4.78 is 6.29. The minimum atomic E-state index is -0.0247. The Labute approximate surface area is 103 Å². The average molecular weight is 290 g/mol. The van der Waals surface area contributed by atoms with Crippen molar-refractivity contribution >= 4 is 28.3 Å². The maximum Gasteiger partial charge on any atom is 0.138 e. The van der Waals surface area contributed by atoms with Crippen molar-refractivity contribution in [3.05, 3.63) is 27.7 Å². The van der Waals surface area contributed by atoms with E-state index in [1.807, 2.05) is 0 Å². The van der Waals surface area contributed by atoms with Crippen molar-refractivity contribution in [3.63, 3.8) is 0 Å². The van der Waals surface area contributed by atoms with Crippen molar-refractivity contribution in [2.45, 2.75) is 12.5 Å². The van der Waals surface area contributed by atoms with Crippen molar-refractivity contribution in [3.8, 4) is 11.8 Å². The number of rotatable bonds is 0. The Morgan fingerprint density at radius 2 is 2.27 bits per heavy atom. The summed E-state index contributed by atoms with van der Waals surface area (Å²) in [7, 11) is 0. The van der Waals surface area contributed by atoms with E-state index in [2.05, 4.69) is 22.0 Å². The van der Waals surface area contributed by atoms with Crippen LogP contribution < -0.4 is 10.5 Å². The molecule has 0 aliphatic carbocycles. The van der Waals surface area contributed by atoms with Crippen LogP contribution in [0.3, 0.4) is 0 Å². The van der Waals surface area contributed by atoms with Gasteiger partial charge in [0.05, 0.1) is 22.7 Å². The quantitative estimate of drug-likeness (QED) is 0.798. The number of hydrogen-bond acceptors (Lipinski definition) is 3. The van der Waals surface area contributed by atoms with E-state index in [1.54, 1.807) is 12.1 Å². The number of nitrogens with two attached hydrogens (primary N) is 1. The number of hydrogen-bond donors (Lipinski definition) is 1. The molecular formula is C10H10BrClN2O. The predicted molar refractivity (Wildman–Crippen MR) is 63.1 cm³/mol. The Balaban J connectivity index is 0.00000112. The van der Waals surface area contributed by atoms with E-state index in [9.17, 15) is 0 Å². The molecule has 1 heterocycles. The molecule has 0 fully saturated rings. The smallest absolute Gasteiger partial charge is 0.138 e. The van der Waals surface area contributed by atoms with Crippen LogP contribution in [0.15, 0.2) is 16.6 Å². The molecule has 3 nitrogen and oxygen atoms in total. The second-order valence-electron chi connectivity index (χ2n) is 3.23. The summed E-state index contributed by atoms with van der Waals surface area (Å²) >= 11 is 3.37. The molecule has 1 atom stereocenters. The molecule has 15 heavy (non-hydrogen) atoms. The number of ether oxygens (including phenoxy) is 1. The zero-order valence-electron chi connectivity index (χ0n) is 7.87. The van der Waals surface area contributed by atoms with Crippen LogP contribution in [-0.2, 0) is 0 Å². The molecule has 0 amide bonds. The van der Waals surface area contributed by atoms with Crippen molar-refractivity contribution in [2.75, 3.05) is 6.61 Å². The normalized spacial score (nSPS) is 18.1. The lowest BCUT2D eigenvalue weighted by Crippen LogP contribution is -2.21. The summed E-state index contributed by atoms with van der Waals surface area (Å²) in [5.41, 5.74) is 7.46. The lowest BCUT2D eigenvalue weighted by molar-refractivity contribution is 0.267. The summed E-state index contributed by atoms with van der Waals surface area (Å²) in [5.74, 6) is 0.780. The first-order chi connectivity index (χ1) is 6.72. The molecule has 80 valence electrons. The van der Waals surface area contributed by atoms with E-state index in [-0.39, 0.29) is 18.4 Å². The van der Waals surface area contributed by atoms with Crippen LogP contribution in [0.5, 0.6) is 5.75 Å². The highest BCUT2D eigenvalue weighted by Gasteiger charge is 2.21. The molecule has 1 aliphatic rings. The summed E-state index contributed by atoms with van der Waals surface area (Å²) in [5, 5.41) is 8.80. The number of halogens is 2. The molecule has 0 saturated carbocycles. The van der Waals surface area contributed by atoms with Gasteiger partial charge in [-0.2, -0.15) is 5.26 Å². The zero-order chi connectivity index (χ0) is 10.1. The summed E-state index contributed by atoms with van der Waals surface area (Å²) in [4.78, 5) is 0. The van der Waals surface area contributed by atoms with Gasteiger partial charge in [0, 0.05) is 18.0 Å². The van der Waals surface area contributed by atoms with Gasteiger partial charge in [-0.05, 0) is 28.1 Å². The Morgan fingerprint density at radius 3 is 2.93 bits per heavy atom. The molecule has 0 bridgehead atoms. The van der Waals surface area contributed by atoms with E-state index >= 15 is 0 Å². The van der Waals surface area contributed by atoms with E-state index in [0.717, 1.165) is 22.2 Å². The van der Waals surface area contributed by atoms with Gasteiger partial charge in [-0.1, -0.05) is 0 Å². The minimum absolute atomic E-state index is 0. The largest absolute Gasteiger partial charge is 0.492 e. The van der Waals surface area contributed by atoms with E-state index in [1.165, 1.54) is 0 Å². The molecule has 2 rings (SSSR count). The third-order valence-corrected chi connectivity index (χ3v) is 2.87. The lowest BCUT2D eigenvalue weighted by atomic mass is 9.99. The average Bonchev–Trinajstić information content (AvgIpc) is 2.19. The van der Waals surface area contributed by atoms with Gasteiger partial charge in [0.25, 0.3) is 0 Å². The SMILES string of the molecule is Cl.N#Cc1cc(Br)c2c(c1)[C@H](N)CCO2. The van der Waals surface area contributed by atoms with Crippen molar-refractivity contribution in [1.29, 1.82) is 5.26 Å². The number of nitriles is 1. The van der Waals surface area contributed by atoms with E-state index in [0.29, 0.717) is 12.2 Å². The van der Waals surface area contributed by atoms with E-state index in [4.69, 9.17) is 15.7 Å². The molecule has 1 aliphatic heterocycles. The Kier molecular flexibility index (Phi) is 3.97. The standard InChI is InChI=1S/C10H9BrN2O.ClH/c11-8-4-6(5-12)3-7-9(13)1-2-14-10(7)8;/h3-4,9H,1-2,13H2;1H/t9-;/m1./s1. The molecule has 5 heteroatoms. The highest BCUT2D eigenvalue weighted by atomic mass is 79.9. The second-order valence-corrected chi connectivity index (χ2v) is 4.09. The van der Waals surface area contributed by atoms with Gasteiger partial charge in [0.2, 0.25) is 0 Å². The van der Waals surface area contributed by atoms with Crippen molar-refractivity contribution in [2.24, 2.45) is 5.73 Å². The Bertz CT molecular complexity index is 417. The number of fused-ring (bicyclic) bond motifs is 1. The van der Waals surface area contributed by atoms with Gasteiger partial charge in [0.15, 0.2) is 0 Å². The first-order valence-electron chi connectivity index (χ1n) is 4.34. The molecule has 2 N–H and O–H groups in total. The third-order valence-electron chi connectivity index (χ3n) is 2.28. The van der Waals surface area contributed by atoms with Gasteiger partial charge < -0.3 is 10.5 Å². The molecular weight excluding hydrogens is 279 g/mol. The fraction of sp³-hybridized carbons (Fsp3) is 0.300. The monoisotopic (exact) mass is 288 g/mol. The van der Waals surface area contributed by atoms with Crippen LogP contribution in [0.2, 0.25) is 0 Å². The molecule has 1 aromatic rings. The minimum Gasteiger partial charge on any atom is -0.492 e. The van der Waals surface area contributed by atoms with E-state index < -0.39 is 0 Å². The highest BCUT2D eigenvalue weighted by Crippen LogP contribution is 2.37. The van der Waals surface area contributed by atoms with Crippen LogP contribution in [0.25, 0.3) is 0 Å². The predicted octanol–water partition coefficient (Wildman–Crippen LogP) is 2.52. The van der Waals surface area contributed by atoms with Crippen LogP contribution in [-0.4, -0.2) is 6.61 Å². The summed E-state index contributed by atoms with van der Waals surface area (Å²) in [6.45, 7) is 0.638. The Hall–Kier alpha value is -0.760. The molecule has 0 spiro atoms. The third kappa shape index (κ3) is 2.25. The van der Waals surface area contributed by atoms with Gasteiger partial charge >= 0.3 is 0 Å². The van der Waals surface area contributed by atoms with Gasteiger partial charge in [-0.15, -0.1) is 12.4 Å². The number of nitrogens with zero attached hydrogens (tertiary/aromatic N) is 1. The fourth-order valence-corrected chi connectivity index (χ4v) is 2.14. The lowest BCUT2D eigenvalue weighted by Gasteiger charge is -2.23. The first kappa shape index (κ1) is 12.3. The number of benzene rings is 1. The molecule has 1 aromatic carbocycles. The maximum atomic E-state index is 8.80. The Morgan fingerprint density at radius 1 is 1.53 bits per heavy atom. The van der Waals surface area contributed by atoms with Crippen molar-refractivity contribution in [1.82, 2.24) is 0 Å². The molecule has 0 aromatic heterocycles. The second kappa shape index (κ2) is 4.84. The van der Waals surface area contributed by atoms with Crippen LogP contribution in [0.4, 0.5) is 0 Å². The molecule has 0 saturated heterocycles. The van der Waals surface area contributed by atoms with Gasteiger partial charge in [0.1, 0.15) is 5.75 Å². The molecule has 0 radical (unpaired) electrons. The maximum absolute atomic E-state index is 8.80. The zero-order valence-corrected chi connectivity index (χ0v) is 10.3. The summed E-state index contributed by atoms with van der Waals surface area (Å²) in [6.07, 6.45) is 0.800. The van der Waals surface area contributed by atoms with Crippen LogP contribution in [0, 0.1) is 11.3 Å². The van der Waals surface area contributed by atoms with Crippen LogP contribution >= 0.6 is 28.3 Å². The van der Waals surface area contributed by atoms with Gasteiger partial charge in [-0.3, -0.25) is 0 Å². The molecule has 0 unspecified atom stereocenters. The fourth-order valence-electron chi connectivity index (χ4n) is 1.55.